The van der Waals surface area contributed by atoms with Gasteiger partial charge in [0.25, 0.3) is 0 Å². The highest BCUT2D eigenvalue weighted by Crippen LogP contribution is 2.18. The predicted molar refractivity (Wildman–Crippen MR) is 68.7 cm³/mol. The van der Waals surface area contributed by atoms with Crippen molar-refractivity contribution in [1.29, 1.82) is 0 Å². The fraction of sp³-hybridized carbons (Fsp3) is 0.273. The standard InChI is InChI=1S/C11H12ClN3OS/c1-15-8-13-14-11(15)17-6-5-16-10-4-2-3-9(12)7-10/h2-4,7-8H,5-6H2,1H3. The number of aryl methyl sites for hydroxylation is 1. The summed E-state index contributed by atoms with van der Waals surface area (Å²) in [7, 11) is 1.92. The van der Waals surface area contributed by atoms with E-state index in [1.54, 1.807) is 24.2 Å². The molecule has 6 heteroatoms. The van der Waals surface area contributed by atoms with E-state index in [9.17, 15) is 0 Å². The molecule has 1 aromatic heterocycles. The second kappa shape index (κ2) is 5.93. The summed E-state index contributed by atoms with van der Waals surface area (Å²) in [6.07, 6.45) is 1.68. The molecule has 0 fully saturated rings. The minimum absolute atomic E-state index is 0.609. The number of rotatable bonds is 5. The number of ether oxygens (including phenoxy) is 1. The molecule has 0 aliphatic rings. The van der Waals surface area contributed by atoms with Crippen LogP contribution < -0.4 is 4.74 Å². The first-order chi connectivity index (χ1) is 8.25. The summed E-state index contributed by atoms with van der Waals surface area (Å²) in [6, 6.07) is 7.38. The Kier molecular flexibility index (Phi) is 4.28. The molecule has 4 nitrogen and oxygen atoms in total. The summed E-state index contributed by atoms with van der Waals surface area (Å²) in [5.74, 6) is 1.61. The third kappa shape index (κ3) is 3.64. The molecule has 0 aliphatic carbocycles. The molecule has 0 saturated carbocycles. The van der Waals surface area contributed by atoms with Crippen molar-refractivity contribution >= 4 is 23.4 Å². The number of nitrogens with zero attached hydrogens (tertiary/aromatic N) is 3. The Morgan fingerprint density at radius 1 is 1.47 bits per heavy atom. The molecule has 0 bridgehead atoms. The Morgan fingerprint density at radius 2 is 2.35 bits per heavy atom. The Hall–Kier alpha value is -1.20. The summed E-state index contributed by atoms with van der Waals surface area (Å²) < 4.78 is 7.44. The lowest BCUT2D eigenvalue weighted by Crippen LogP contribution is -2.01. The van der Waals surface area contributed by atoms with Crippen LogP contribution in [0.5, 0.6) is 5.75 Å². The van der Waals surface area contributed by atoms with Gasteiger partial charge in [-0.05, 0) is 18.2 Å². The molecule has 0 amide bonds. The normalized spacial score (nSPS) is 10.5. The van der Waals surface area contributed by atoms with Crippen LogP contribution >= 0.6 is 23.4 Å². The molecule has 90 valence electrons. The van der Waals surface area contributed by atoms with Crippen LogP contribution in [0.4, 0.5) is 0 Å². The summed E-state index contributed by atoms with van der Waals surface area (Å²) >= 11 is 7.46. The third-order valence-electron chi connectivity index (χ3n) is 2.05. The maximum atomic E-state index is 5.85. The monoisotopic (exact) mass is 269 g/mol. The van der Waals surface area contributed by atoms with Crippen molar-refractivity contribution in [3.63, 3.8) is 0 Å². The first-order valence-corrected chi connectivity index (χ1v) is 6.47. The quantitative estimate of drug-likeness (QED) is 0.618. The van der Waals surface area contributed by atoms with E-state index in [4.69, 9.17) is 16.3 Å². The maximum Gasteiger partial charge on any atom is 0.190 e. The lowest BCUT2D eigenvalue weighted by Gasteiger charge is -2.05. The smallest absolute Gasteiger partial charge is 0.190 e. The Bertz CT molecular complexity index is 489. The Morgan fingerprint density at radius 3 is 3.06 bits per heavy atom. The van der Waals surface area contributed by atoms with Crippen molar-refractivity contribution in [2.45, 2.75) is 5.16 Å². The van der Waals surface area contributed by atoms with Crippen LogP contribution in [0.1, 0.15) is 0 Å². The number of thioether (sulfide) groups is 1. The average molecular weight is 270 g/mol. The second-order valence-corrected chi connectivity index (χ2v) is 4.88. The Balaban J connectivity index is 1.75. The molecule has 2 rings (SSSR count). The first kappa shape index (κ1) is 12.3. The van der Waals surface area contributed by atoms with Crippen LogP contribution in [0.25, 0.3) is 0 Å². The van der Waals surface area contributed by atoms with Crippen molar-refractivity contribution in [1.82, 2.24) is 14.8 Å². The van der Waals surface area contributed by atoms with Gasteiger partial charge in [-0.2, -0.15) is 0 Å². The van der Waals surface area contributed by atoms with Crippen molar-refractivity contribution in [2.75, 3.05) is 12.4 Å². The van der Waals surface area contributed by atoms with Gasteiger partial charge in [-0.3, -0.25) is 0 Å². The molecule has 2 aromatic rings. The zero-order valence-corrected chi connectivity index (χ0v) is 10.9. The topological polar surface area (TPSA) is 39.9 Å². The number of hydrogen-bond acceptors (Lipinski definition) is 4. The first-order valence-electron chi connectivity index (χ1n) is 5.11. The van der Waals surface area contributed by atoms with Gasteiger partial charge < -0.3 is 9.30 Å². The van der Waals surface area contributed by atoms with Gasteiger partial charge in [-0.1, -0.05) is 29.4 Å². The number of hydrogen-bond donors (Lipinski definition) is 0. The van der Waals surface area contributed by atoms with Gasteiger partial charge in [-0.15, -0.1) is 10.2 Å². The van der Waals surface area contributed by atoms with Crippen LogP contribution in [0.3, 0.4) is 0 Å². The molecular weight excluding hydrogens is 258 g/mol. The van der Waals surface area contributed by atoms with E-state index in [0.717, 1.165) is 16.7 Å². The molecule has 1 heterocycles. The summed E-state index contributed by atoms with van der Waals surface area (Å²) in [4.78, 5) is 0. The van der Waals surface area contributed by atoms with Gasteiger partial charge in [-0.25, -0.2) is 0 Å². The van der Waals surface area contributed by atoms with Gasteiger partial charge >= 0.3 is 0 Å². The molecule has 0 radical (unpaired) electrons. The highest BCUT2D eigenvalue weighted by Gasteiger charge is 2.01. The van der Waals surface area contributed by atoms with E-state index in [-0.39, 0.29) is 0 Å². The van der Waals surface area contributed by atoms with E-state index < -0.39 is 0 Å². The van der Waals surface area contributed by atoms with E-state index in [1.807, 2.05) is 29.8 Å². The summed E-state index contributed by atoms with van der Waals surface area (Å²) in [5, 5.41) is 9.35. The van der Waals surface area contributed by atoms with Gasteiger partial charge in [0.1, 0.15) is 12.1 Å². The molecule has 0 aliphatic heterocycles. The van der Waals surface area contributed by atoms with Crippen molar-refractivity contribution in [3.05, 3.63) is 35.6 Å². The molecule has 0 N–H and O–H groups in total. The average Bonchev–Trinajstić information content (AvgIpc) is 2.71. The third-order valence-corrected chi connectivity index (χ3v) is 3.28. The molecule has 0 saturated heterocycles. The van der Waals surface area contributed by atoms with Crippen LogP contribution in [0, 0.1) is 0 Å². The minimum atomic E-state index is 0.609. The lowest BCUT2D eigenvalue weighted by atomic mass is 10.3. The van der Waals surface area contributed by atoms with Gasteiger partial charge in [0, 0.05) is 17.8 Å². The van der Waals surface area contributed by atoms with E-state index in [1.165, 1.54) is 0 Å². The Labute approximate surface area is 109 Å². The molecule has 0 atom stereocenters. The SMILES string of the molecule is Cn1cnnc1SCCOc1cccc(Cl)c1. The molecule has 0 spiro atoms. The zero-order valence-electron chi connectivity index (χ0n) is 9.34. The van der Waals surface area contributed by atoms with Crippen molar-refractivity contribution < 1.29 is 4.74 Å². The minimum Gasteiger partial charge on any atom is -0.493 e. The fourth-order valence-electron chi connectivity index (χ4n) is 1.25. The second-order valence-electron chi connectivity index (χ2n) is 3.38. The largest absolute Gasteiger partial charge is 0.493 e. The molecular formula is C11H12ClN3OS. The van der Waals surface area contributed by atoms with Crippen LogP contribution in [-0.2, 0) is 7.05 Å². The van der Waals surface area contributed by atoms with E-state index in [0.29, 0.717) is 11.6 Å². The predicted octanol–water partition coefficient (Wildman–Crippen LogP) is 2.64. The number of benzene rings is 1. The van der Waals surface area contributed by atoms with Crippen molar-refractivity contribution in [2.24, 2.45) is 7.05 Å². The van der Waals surface area contributed by atoms with E-state index in [2.05, 4.69) is 10.2 Å². The van der Waals surface area contributed by atoms with Crippen LogP contribution in [0.2, 0.25) is 5.02 Å². The van der Waals surface area contributed by atoms with Gasteiger partial charge in [0.15, 0.2) is 5.16 Å². The maximum absolute atomic E-state index is 5.85. The fourth-order valence-corrected chi connectivity index (χ4v) is 2.14. The molecule has 17 heavy (non-hydrogen) atoms. The van der Waals surface area contributed by atoms with Crippen LogP contribution in [-0.4, -0.2) is 27.1 Å². The highest BCUT2D eigenvalue weighted by molar-refractivity contribution is 7.99. The summed E-state index contributed by atoms with van der Waals surface area (Å²) in [5.41, 5.74) is 0. The zero-order chi connectivity index (χ0) is 12.1. The van der Waals surface area contributed by atoms with Gasteiger partial charge in [0.05, 0.1) is 6.61 Å². The van der Waals surface area contributed by atoms with Crippen LogP contribution in [0.15, 0.2) is 35.7 Å². The lowest BCUT2D eigenvalue weighted by molar-refractivity contribution is 0.344. The van der Waals surface area contributed by atoms with Gasteiger partial charge in [0.2, 0.25) is 0 Å². The highest BCUT2D eigenvalue weighted by atomic mass is 35.5. The number of halogens is 1. The van der Waals surface area contributed by atoms with Crippen molar-refractivity contribution in [3.8, 4) is 5.75 Å². The summed E-state index contributed by atoms with van der Waals surface area (Å²) in [6.45, 7) is 0.609. The molecule has 0 unspecified atom stereocenters. The number of aromatic nitrogens is 3. The molecule has 1 aromatic carbocycles. The van der Waals surface area contributed by atoms with E-state index >= 15 is 0 Å².